The largest absolute Gasteiger partial charge is 0.495 e. The average Bonchev–Trinajstić information content (AvgIpc) is 3.06. The Balaban J connectivity index is 1.81. The summed E-state index contributed by atoms with van der Waals surface area (Å²) >= 11 is 6.15. The van der Waals surface area contributed by atoms with E-state index in [4.69, 9.17) is 21.1 Å². The molecule has 0 aromatic heterocycles. The van der Waals surface area contributed by atoms with Crippen LogP contribution in [0.15, 0.2) is 30.3 Å². The fourth-order valence-corrected chi connectivity index (χ4v) is 3.23. The molecule has 0 spiro atoms. The lowest BCUT2D eigenvalue weighted by molar-refractivity contribution is -0.122. The van der Waals surface area contributed by atoms with E-state index in [1.165, 1.54) is 25.2 Å². The molecule has 148 valence electrons. The Labute approximate surface area is 165 Å². The molecule has 1 saturated heterocycles. The molecule has 1 fully saturated rings. The summed E-state index contributed by atoms with van der Waals surface area (Å²) in [5.41, 5.74) is 0.117. The van der Waals surface area contributed by atoms with Crippen LogP contribution < -0.4 is 19.7 Å². The van der Waals surface area contributed by atoms with E-state index >= 15 is 0 Å². The number of hydrogen-bond donors (Lipinski definition) is 1. The van der Waals surface area contributed by atoms with Gasteiger partial charge in [0.2, 0.25) is 11.8 Å². The van der Waals surface area contributed by atoms with E-state index in [9.17, 15) is 18.4 Å². The molecule has 1 aliphatic heterocycles. The van der Waals surface area contributed by atoms with Gasteiger partial charge in [0.25, 0.3) is 0 Å². The molecule has 3 rings (SSSR count). The van der Waals surface area contributed by atoms with E-state index in [1.54, 1.807) is 6.07 Å². The standard InChI is InChI=1S/C19H17ClF2N2O4/c1-27-16-8-17(28-2)15(7-12(16)20)24-9-10(5-18(24)25)19(26)23-14-6-11(21)3-4-13(14)22/h3-4,6-8,10H,5,9H2,1-2H3,(H,23,26)/t10-/m0/s1. The highest BCUT2D eigenvalue weighted by Gasteiger charge is 2.37. The number of nitrogens with zero attached hydrogens (tertiary/aromatic N) is 1. The Morgan fingerprint density at radius 1 is 1.18 bits per heavy atom. The van der Waals surface area contributed by atoms with Crippen LogP contribution in [0.1, 0.15) is 6.42 Å². The van der Waals surface area contributed by atoms with E-state index in [0.717, 1.165) is 18.2 Å². The molecule has 28 heavy (non-hydrogen) atoms. The third kappa shape index (κ3) is 3.87. The molecule has 1 N–H and O–H groups in total. The summed E-state index contributed by atoms with van der Waals surface area (Å²) in [6.45, 7) is 0.0423. The number of methoxy groups -OCH3 is 2. The minimum atomic E-state index is -0.764. The van der Waals surface area contributed by atoms with Gasteiger partial charge < -0.3 is 19.7 Å². The number of carbonyl (C=O) groups excluding carboxylic acids is 2. The van der Waals surface area contributed by atoms with Crippen molar-refractivity contribution in [3.05, 3.63) is 47.0 Å². The van der Waals surface area contributed by atoms with Crippen LogP contribution in [0, 0.1) is 17.6 Å². The first-order chi connectivity index (χ1) is 13.3. The summed E-state index contributed by atoms with van der Waals surface area (Å²) in [7, 11) is 2.89. The highest BCUT2D eigenvalue weighted by atomic mass is 35.5. The number of amides is 2. The van der Waals surface area contributed by atoms with Gasteiger partial charge in [0.1, 0.15) is 23.1 Å². The summed E-state index contributed by atoms with van der Waals surface area (Å²) in [6.07, 6.45) is -0.0877. The number of nitrogens with one attached hydrogen (secondary N) is 1. The second-order valence-corrected chi connectivity index (χ2v) is 6.58. The van der Waals surface area contributed by atoms with Crippen molar-refractivity contribution in [3.63, 3.8) is 0 Å². The quantitative estimate of drug-likeness (QED) is 0.817. The normalized spacial score (nSPS) is 16.2. The van der Waals surface area contributed by atoms with Crippen LogP contribution in [0.4, 0.5) is 20.2 Å². The van der Waals surface area contributed by atoms with Crippen molar-refractivity contribution in [1.82, 2.24) is 0 Å². The first-order valence-corrected chi connectivity index (χ1v) is 8.69. The zero-order valence-electron chi connectivity index (χ0n) is 15.1. The minimum Gasteiger partial charge on any atom is -0.495 e. The molecule has 0 radical (unpaired) electrons. The number of carbonyl (C=O) groups is 2. The van der Waals surface area contributed by atoms with E-state index in [0.29, 0.717) is 17.2 Å². The third-order valence-corrected chi connectivity index (χ3v) is 4.72. The summed E-state index contributed by atoms with van der Waals surface area (Å²) < 4.78 is 37.5. The van der Waals surface area contributed by atoms with Crippen LogP contribution in [-0.2, 0) is 9.59 Å². The molecule has 1 aliphatic rings. The molecule has 0 unspecified atom stereocenters. The first-order valence-electron chi connectivity index (χ1n) is 8.31. The lowest BCUT2D eigenvalue weighted by Crippen LogP contribution is -2.28. The number of halogens is 3. The maximum absolute atomic E-state index is 13.7. The minimum absolute atomic E-state index is 0.0423. The Morgan fingerprint density at radius 3 is 2.57 bits per heavy atom. The van der Waals surface area contributed by atoms with Crippen molar-refractivity contribution < 1.29 is 27.8 Å². The fraction of sp³-hybridized carbons (Fsp3) is 0.263. The Kier molecular flexibility index (Phi) is 5.69. The number of anilines is 2. The smallest absolute Gasteiger partial charge is 0.229 e. The van der Waals surface area contributed by atoms with Crippen molar-refractivity contribution in [2.45, 2.75) is 6.42 Å². The zero-order valence-corrected chi connectivity index (χ0v) is 15.8. The third-order valence-electron chi connectivity index (χ3n) is 4.43. The van der Waals surface area contributed by atoms with Gasteiger partial charge in [-0.2, -0.15) is 0 Å². The Morgan fingerprint density at radius 2 is 1.89 bits per heavy atom. The van der Waals surface area contributed by atoms with Crippen LogP contribution in [-0.4, -0.2) is 32.6 Å². The van der Waals surface area contributed by atoms with Crippen molar-refractivity contribution >= 4 is 34.8 Å². The molecule has 0 bridgehead atoms. The molecule has 0 saturated carbocycles. The van der Waals surface area contributed by atoms with Gasteiger partial charge in [0.05, 0.1) is 36.5 Å². The van der Waals surface area contributed by atoms with E-state index in [-0.39, 0.29) is 29.6 Å². The molecule has 1 atom stereocenters. The summed E-state index contributed by atoms with van der Waals surface area (Å²) in [5, 5.41) is 2.61. The molecule has 0 aliphatic carbocycles. The van der Waals surface area contributed by atoms with Gasteiger partial charge in [-0.25, -0.2) is 8.78 Å². The molecule has 9 heteroatoms. The first kappa shape index (κ1) is 19.9. The van der Waals surface area contributed by atoms with Gasteiger partial charge in [0.15, 0.2) is 0 Å². The lowest BCUT2D eigenvalue weighted by atomic mass is 10.1. The van der Waals surface area contributed by atoms with Crippen molar-refractivity contribution in [2.24, 2.45) is 5.92 Å². The monoisotopic (exact) mass is 410 g/mol. The summed E-state index contributed by atoms with van der Waals surface area (Å²) in [4.78, 5) is 26.3. The van der Waals surface area contributed by atoms with Crippen LogP contribution in [0.25, 0.3) is 0 Å². The zero-order chi connectivity index (χ0) is 20.4. The highest BCUT2D eigenvalue weighted by Crippen LogP contribution is 2.40. The van der Waals surface area contributed by atoms with Crippen LogP contribution in [0.3, 0.4) is 0 Å². The molecular weight excluding hydrogens is 394 g/mol. The molecule has 2 amide bonds. The van der Waals surface area contributed by atoms with Gasteiger partial charge >= 0.3 is 0 Å². The SMILES string of the molecule is COc1cc(OC)c(N2C[C@@H](C(=O)Nc3cc(F)ccc3F)CC2=O)cc1Cl. The average molecular weight is 411 g/mol. The van der Waals surface area contributed by atoms with Crippen molar-refractivity contribution in [1.29, 1.82) is 0 Å². The van der Waals surface area contributed by atoms with Crippen molar-refractivity contribution in [3.8, 4) is 11.5 Å². The van der Waals surface area contributed by atoms with Gasteiger partial charge in [-0.05, 0) is 18.2 Å². The number of benzene rings is 2. The molecular formula is C19H17ClF2N2O4. The van der Waals surface area contributed by atoms with Gasteiger partial charge in [0, 0.05) is 25.1 Å². The number of ether oxygens (including phenoxy) is 2. The van der Waals surface area contributed by atoms with E-state index in [1.807, 2.05) is 0 Å². The second-order valence-electron chi connectivity index (χ2n) is 6.18. The fourth-order valence-electron chi connectivity index (χ4n) is 3.00. The Bertz CT molecular complexity index is 938. The molecule has 2 aromatic rings. The number of rotatable bonds is 5. The molecule has 1 heterocycles. The Hall–Kier alpha value is -2.87. The van der Waals surface area contributed by atoms with Gasteiger partial charge in [-0.1, -0.05) is 11.6 Å². The maximum Gasteiger partial charge on any atom is 0.229 e. The predicted molar refractivity (Wildman–Crippen MR) is 100 cm³/mol. The summed E-state index contributed by atoms with van der Waals surface area (Å²) in [5.74, 6) is -2.37. The van der Waals surface area contributed by atoms with Crippen LogP contribution in [0.2, 0.25) is 5.02 Å². The highest BCUT2D eigenvalue weighted by molar-refractivity contribution is 6.32. The van der Waals surface area contributed by atoms with Crippen molar-refractivity contribution in [2.75, 3.05) is 31.0 Å². The maximum atomic E-state index is 13.7. The summed E-state index contributed by atoms with van der Waals surface area (Å²) in [6, 6.07) is 5.81. The molecule has 6 nitrogen and oxygen atoms in total. The van der Waals surface area contributed by atoms with E-state index < -0.39 is 23.5 Å². The van der Waals surface area contributed by atoms with Crippen LogP contribution >= 0.6 is 11.6 Å². The van der Waals surface area contributed by atoms with Gasteiger partial charge in [-0.15, -0.1) is 0 Å². The lowest BCUT2D eigenvalue weighted by Gasteiger charge is -2.21. The second kappa shape index (κ2) is 8.02. The molecule has 2 aromatic carbocycles. The van der Waals surface area contributed by atoms with Crippen LogP contribution in [0.5, 0.6) is 11.5 Å². The topological polar surface area (TPSA) is 67.9 Å². The van der Waals surface area contributed by atoms with E-state index in [2.05, 4.69) is 5.32 Å². The predicted octanol–water partition coefficient (Wildman–Crippen LogP) is 3.63. The van der Waals surface area contributed by atoms with Gasteiger partial charge in [-0.3, -0.25) is 9.59 Å². The number of hydrogen-bond acceptors (Lipinski definition) is 4.